The number of nitro groups is 1. The number of rotatable bonds is 9. The van der Waals surface area contributed by atoms with Gasteiger partial charge in [-0.15, -0.1) is 10.2 Å². The summed E-state index contributed by atoms with van der Waals surface area (Å²) in [6.07, 6.45) is 0. The quantitative estimate of drug-likeness (QED) is 0.189. The van der Waals surface area contributed by atoms with E-state index in [1.807, 2.05) is 72.2 Å². The Morgan fingerprint density at radius 3 is 2.53 bits per heavy atom. The van der Waals surface area contributed by atoms with Crippen LogP contribution < -0.4 is 4.74 Å². The summed E-state index contributed by atoms with van der Waals surface area (Å²) < 4.78 is 7.94. The molecule has 3 aromatic carbocycles. The molecular weight excluding hydrogens is 450 g/mol. The summed E-state index contributed by atoms with van der Waals surface area (Å²) in [7, 11) is 0. The van der Waals surface area contributed by atoms with Crippen molar-refractivity contribution in [3.05, 3.63) is 111 Å². The Labute approximate surface area is 201 Å². The predicted octanol–water partition coefficient (Wildman–Crippen LogP) is 5.14. The normalized spacial score (nSPS) is 11.5. The number of aromatic nitrogens is 3. The van der Waals surface area contributed by atoms with Crippen LogP contribution in [0, 0.1) is 28.4 Å². The molecule has 0 saturated heterocycles. The number of hydrogen-bond donors (Lipinski definition) is 0. The van der Waals surface area contributed by atoms with Gasteiger partial charge >= 0.3 is 0 Å². The molecule has 4 rings (SSSR count). The molecule has 34 heavy (non-hydrogen) atoms. The van der Waals surface area contributed by atoms with E-state index in [0.717, 1.165) is 11.3 Å². The van der Waals surface area contributed by atoms with E-state index < -0.39 is 5.25 Å². The molecule has 170 valence electrons. The first-order valence-electron chi connectivity index (χ1n) is 10.5. The Kier molecular flexibility index (Phi) is 7.20. The highest BCUT2D eigenvalue weighted by atomic mass is 32.2. The summed E-state index contributed by atoms with van der Waals surface area (Å²) in [6.45, 7) is 1.70. The van der Waals surface area contributed by atoms with E-state index in [2.05, 4.69) is 16.3 Å². The van der Waals surface area contributed by atoms with Gasteiger partial charge in [0.05, 0.1) is 11.6 Å². The predicted molar refractivity (Wildman–Crippen MR) is 128 cm³/mol. The van der Waals surface area contributed by atoms with Crippen molar-refractivity contribution in [1.82, 2.24) is 14.8 Å². The van der Waals surface area contributed by atoms with Crippen molar-refractivity contribution in [3.63, 3.8) is 0 Å². The first kappa shape index (κ1) is 23.0. The third-order valence-electron chi connectivity index (χ3n) is 5.16. The van der Waals surface area contributed by atoms with Gasteiger partial charge in [0.25, 0.3) is 0 Å². The molecule has 0 saturated carbocycles. The third-order valence-corrected chi connectivity index (χ3v) is 6.32. The average Bonchev–Trinajstić information content (AvgIpc) is 3.22. The monoisotopic (exact) mass is 471 g/mol. The second-order valence-corrected chi connectivity index (χ2v) is 8.59. The van der Waals surface area contributed by atoms with Crippen molar-refractivity contribution in [2.24, 2.45) is 0 Å². The molecule has 0 radical (unpaired) electrons. The van der Waals surface area contributed by atoms with Gasteiger partial charge in [-0.1, -0.05) is 66.4 Å². The molecule has 1 heterocycles. The first-order valence-corrected chi connectivity index (χ1v) is 11.4. The average molecular weight is 472 g/mol. The molecule has 4 aromatic rings. The molecule has 0 N–H and O–H groups in total. The topological polar surface area (TPSA) is 107 Å². The van der Waals surface area contributed by atoms with Crippen molar-refractivity contribution >= 4 is 11.8 Å². The van der Waals surface area contributed by atoms with Gasteiger partial charge in [0, 0.05) is 21.7 Å². The van der Waals surface area contributed by atoms with E-state index in [9.17, 15) is 15.4 Å². The maximum atomic E-state index is 11.6. The van der Waals surface area contributed by atoms with E-state index >= 15 is 0 Å². The molecule has 1 aromatic heterocycles. The van der Waals surface area contributed by atoms with Crippen LogP contribution in [0.4, 0.5) is 0 Å². The van der Waals surface area contributed by atoms with Crippen LogP contribution in [0.1, 0.15) is 27.8 Å². The van der Waals surface area contributed by atoms with Gasteiger partial charge in [0.15, 0.2) is 5.16 Å². The largest absolute Gasteiger partial charge is 0.489 e. The SMILES string of the molecule is Cc1nnc(S[C@H](C[N+](=O)[O-])c2ccccc2OCc2ccccc2C#N)n1-c1ccccc1. The molecule has 0 unspecified atom stereocenters. The molecule has 1 atom stereocenters. The molecule has 0 bridgehead atoms. The number of nitrogens with zero attached hydrogens (tertiary/aromatic N) is 5. The Hall–Kier alpha value is -4.16. The molecule has 0 aliphatic carbocycles. The molecule has 0 spiro atoms. The van der Waals surface area contributed by atoms with Crippen LogP contribution in [0.25, 0.3) is 5.69 Å². The minimum Gasteiger partial charge on any atom is -0.489 e. The second kappa shape index (κ2) is 10.6. The van der Waals surface area contributed by atoms with Crippen LogP contribution in [-0.4, -0.2) is 26.2 Å². The van der Waals surface area contributed by atoms with Gasteiger partial charge < -0.3 is 4.74 Å². The lowest BCUT2D eigenvalue weighted by molar-refractivity contribution is -0.479. The van der Waals surface area contributed by atoms with Crippen molar-refractivity contribution in [2.45, 2.75) is 23.9 Å². The number of nitriles is 1. The van der Waals surface area contributed by atoms with Crippen molar-refractivity contribution in [1.29, 1.82) is 5.26 Å². The highest BCUT2D eigenvalue weighted by Crippen LogP contribution is 2.40. The first-order chi connectivity index (χ1) is 16.6. The molecule has 0 aliphatic rings. The number of para-hydroxylation sites is 2. The molecular formula is C25H21N5O3S. The van der Waals surface area contributed by atoms with Crippen molar-refractivity contribution < 1.29 is 9.66 Å². The van der Waals surface area contributed by atoms with Crippen LogP contribution in [0.2, 0.25) is 0 Å². The summed E-state index contributed by atoms with van der Waals surface area (Å²) >= 11 is 1.27. The van der Waals surface area contributed by atoms with E-state index in [1.54, 1.807) is 18.2 Å². The zero-order valence-electron chi connectivity index (χ0n) is 18.4. The second-order valence-electron chi connectivity index (χ2n) is 7.42. The molecule has 0 amide bonds. The standard InChI is InChI=1S/C25H21N5O3S/c1-18-27-28-25(30(18)21-11-3-2-4-12-21)34-24(16-29(31)32)22-13-7-8-14-23(22)33-17-20-10-6-5-9-19(20)15-26/h2-14,24H,16-17H2,1H3/t24-/m1/s1. The Morgan fingerprint density at radius 2 is 1.76 bits per heavy atom. The van der Waals surface area contributed by atoms with E-state index in [-0.39, 0.29) is 18.1 Å². The lowest BCUT2D eigenvalue weighted by Gasteiger charge is -2.18. The van der Waals surface area contributed by atoms with E-state index in [0.29, 0.717) is 27.9 Å². The maximum absolute atomic E-state index is 11.6. The third kappa shape index (κ3) is 5.24. The van der Waals surface area contributed by atoms with Crippen LogP contribution in [-0.2, 0) is 6.61 Å². The number of benzene rings is 3. The zero-order valence-corrected chi connectivity index (χ0v) is 19.2. The Bertz CT molecular complexity index is 1330. The number of thioether (sulfide) groups is 1. The molecule has 0 aliphatic heterocycles. The minimum atomic E-state index is -0.566. The van der Waals surface area contributed by atoms with Gasteiger partial charge in [-0.3, -0.25) is 14.7 Å². The highest BCUT2D eigenvalue weighted by Gasteiger charge is 2.26. The Balaban J connectivity index is 1.65. The number of ether oxygens (including phenoxy) is 1. The van der Waals surface area contributed by atoms with Crippen LogP contribution in [0.15, 0.2) is 84.0 Å². The molecule has 9 heteroatoms. The number of hydrogen-bond acceptors (Lipinski definition) is 7. The van der Waals surface area contributed by atoms with Gasteiger partial charge in [0.1, 0.15) is 23.4 Å². The highest BCUT2D eigenvalue weighted by molar-refractivity contribution is 7.99. The summed E-state index contributed by atoms with van der Waals surface area (Å²) in [5.41, 5.74) is 2.84. The lowest BCUT2D eigenvalue weighted by atomic mass is 10.1. The smallest absolute Gasteiger partial charge is 0.220 e. The lowest BCUT2D eigenvalue weighted by Crippen LogP contribution is -2.12. The van der Waals surface area contributed by atoms with Crippen LogP contribution >= 0.6 is 11.8 Å². The van der Waals surface area contributed by atoms with Crippen LogP contribution in [0.5, 0.6) is 5.75 Å². The Morgan fingerprint density at radius 1 is 1.06 bits per heavy atom. The fourth-order valence-corrected chi connectivity index (χ4v) is 4.75. The van der Waals surface area contributed by atoms with E-state index in [1.165, 1.54) is 11.8 Å². The van der Waals surface area contributed by atoms with Gasteiger partial charge in [-0.2, -0.15) is 5.26 Å². The fourth-order valence-electron chi connectivity index (χ4n) is 3.54. The minimum absolute atomic E-state index is 0.176. The van der Waals surface area contributed by atoms with Gasteiger partial charge in [0.2, 0.25) is 6.54 Å². The summed E-state index contributed by atoms with van der Waals surface area (Å²) in [5, 5.41) is 29.4. The number of aryl methyl sites for hydroxylation is 1. The van der Waals surface area contributed by atoms with Crippen molar-refractivity contribution in [3.8, 4) is 17.5 Å². The summed E-state index contributed by atoms with van der Waals surface area (Å²) in [4.78, 5) is 11.2. The van der Waals surface area contributed by atoms with E-state index in [4.69, 9.17) is 4.74 Å². The molecule has 8 nitrogen and oxygen atoms in total. The zero-order chi connectivity index (χ0) is 23.9. The molecule has 0 fully saturated rings. The summed E-state index contributed by atoms with van der Waals surface area (Å²) in [5.74, 6) is 1.21. The van der Waals surface area contributed by atoms with Gasteiger partial charge in [-0.05, 0) is 31.2 Å². The summed E-state index contributed by atoms with van der Waals surface area (Å²) in [6, 6.07) is 26.2. The van der Waals surface area contributed by atoms with Gasteiger partial charge in [-0.25, -0.2) is 0 Å². The fraction of sp³-hybridized carbons (Fsp3) is 0.160. The van der Waals surface area contributed by atoms with Crippen LogP contribution in [0.3, 0.4) is 0 Å². The van der Waals surface area contributed by atoms with Crippen molar-refractivity contribution in [2.75, 3.05) is 6.54 Å². The maximum Gasteiger partial charge on any atom is 0.220 e.